The Morgan fingerprint density at radius 3 is 1.42 bits per heavy atom. The van der Waals surface area contributed by atoms with Crippen LogP contribution in [-0.4, -0.2) is 51.8 Å². The first-order valence-electron chi connectivity index (χ1n) is 7.56. The maximum atomic E-state index is 11.4. The topological polar surface area (TPSA) is 178 Å². The van der Waals surface area contributed by atoms with E-state index in [9.17, 15) is 33.6 Å². The smallest absolute Gasteiger partial charge is 0.382 e. The van der Waals surface area contributed by atoms with Crippen LogP contribution in [-0.2, 0) is 43.0 Å². The van der Waals surface area contributed by atoms with Gasteiger partial charge in [0.05, 0.1) is 6.42 Å². The number of hydrogen-bond donors (Lipinski definition) is 2. The molecular formula is C15H18O11. The molecule has 0 heterocycles. The van der Waals surface area contributed by atoms with Gasteiger partial charge in [-0.25, -0.2) is 4.79 Å². The van der Waals surface area contributed by atoms with Gasteiger partial charge in [-0.05, 0) is 12.8 Å². The first-order chi connectivity index (χ1) is 12.1. The van der Waals surface area contributed by atoms with Crippen LogP contribution in [0.25, 0.3) is 0 Å². The maximum absolute atomic E-state index is 11.4. The van der Waals surface area contributed by atoms with Crippen molar-refractivity contribution in [2.45, 2.75) is 51.4 Å². The monoisotopic (exact) mass is 374 g/mol. The van der Waals surface area contributed by atoms with E-state index in [1.165, 1.54) is 0 Å². The molecule has 144 valence electrons. The highest BCUT2D eigenvalue weighted by molar-refractivity contribution is 6.35. The number of carboxylic acid groups (broad SMARTS) is 2. The van der Waals surface area contributed by atoms with Crippen molar-refractivity contribution < 1.29 is 53.2 Å². The lowest BCUT2D eigenvalue weighted by atomic mass is 10.2. The van der Waals surface area contributed by atoms with Gasteiger partial charge in [0.1, 0.15) is 0 Å². The normalized spacial score (nSPS) is 9.85. The first kappa shape index (κ1) is 22.9. The third-order valence-corrected chi connectivity index (χ3v) is 2.76. The standard InChI is InChI=1S/C15H18O11/c16-9(15(24)26-13(22)6-2-4-11(19)20)7-8-14(23)25-12(21)5-1-3-10(17)18/h1-8H2,(H,17,18)(H,19,20). The molecule has 0 rings (SSSR count). The summed E-state index contributed by atoms with van der Waals surface area (Å²) in [6, 6.07) is 0. The summed E-state index contributed by atoms with van der Waals surface area (Å²) in [4.78, 5) is 77.0. The molecule has 0 unspecified atom stereocenters. The second-order valence-electron chi connectivity index (χ2n) is 5.03. The van der Waals surface area contributed by atoms with E-state index in [4.69, 9.17) is 10.2 Å². The van der Waals surface area contributed by atoms with Crippen LogP contribution in [0.4, 0.5) is 0 Å². The van der Waals surface area contributed by atoms with E-state index in [-0.39, 0.29) is 38.5 Å². The van der Waals surface area contributed by atoms with E-state index in [0.29, 0.717) is 0 Å². The fourth-order valence-electron chi connectivity index (χ4n) is 1.53. The Bertz CT molecular complexity index is 590. The quantitative estimate of drug-likeness (QED) is 0.266. The molecule has 0 radical (unpaired) electrons. The average Bonchev–Trinajstić information content (AvgIpc) is 2.51. The summed E-state index contributed by atoms with van der Waals surface area (Å²) < 4.78 is 8.51. The number of rotatable bonds is 12. The molecule has 0 spiro atoms. The predicted molar refractivity (Wildman–Crippen MR) is 79.4 cm³/mol. The first-order valence-corrected chi connectivity index (χ1v) is 7.56. The molecule has 0 aliphatic rings. The minimum Gasteiger partial charge on any atom is -0.481 e. The Labute approximate surface area is 147 Å². The lowest BCUT2D eigenvalue weighted by molar-refractivity contribution is -0.164. The zero-order chi connectivity index (χ0) is 20.1. The van der Waals surface area contributed by atoms with Gasteiger partial charge in [0, 0.05) is 32.1 Å². The SMILES string of the molecule is O=C(O)CCCC(=O)OC(=O)CCC(=O)C(=O)OC(=O)CCCC(=O)O. The Hall–Kier alpha value is -3.11. The van der Waals surface area contributed by atoms with E-state index < -0.39 is 54.4 Å². The second-order valence-corrected chi connectivity index (χ2v) is 5.03. The largest absolute Gasteiger partial charge is 0.481 e. The average molecular weight is 374 g/mol. The number of carbonyl (C=O) groups excluding carboxylic acids is 5. The zero-order valence-corrected chi connectivity index (χ0v) is 13.7. The summed E-state index contributed by atoms with van der Waals surface area (Å²) in [6.07, 6.45) is -2.56. The van der Waals surface area contributed by atoms with Crippen LogP contribution >= 0.6 is 0 Å². The third-order valence-electron chi connectivity index (χ3n) is 2.76. The van der Waals surface area contributed by atoms with E-state index >= 15 is 0 Å². The number of esters is 4. The number of ketones is 1. The molecule has 0 bridgehead atoms. The number of carbonyl (C=O) groups is 7. The second kappa shape index (κ2) is 12.3. The van der Waals surface area contributed by atoms with Crippen LogP contribution in [0.5, 0.6) is 0 Å². The van der Waals surface area contributed by atoms with Crippen molar-refractivity contribution >= 4 is 41.6 Å². The van der Waals surface area contributed by atoms with Crippen LogP contribution in [0.1, 0.15) is 51.4 Å². The number of carboxylic acids is 2. The number of Topliss-reactive ketones (excluding diaryl/α,β-unsaturated/α-hetero) is 1. The van der Waals surface area contributed by atoms with E-state index in [2.05, 4.69) is 9.47 Å². The summed E-state index contributed by atoms with van der Waals surface area (Å²) in [6.45, 7) is 0. The van der Waals surface area contributed by atoms with Crippen molar-refractivity contribution in [3.8, 4) is 0 Å². The molecule has 2 N–H and O–H groups in total. The summed E-state index contributed by atoms with van der Waals surface area (Å²) in [7, 11) is 0. The van der Waals surface area contributed by atoms with Crippen molar-refractivity contribution in [3.63, 3.8) is 0 Å². The fourth-order valence-corrected chi connectivity index (χ4v) is 1.53. The summed E-state index contributed by atoms with van der Waals surface area (Å²) >= 11 is 0. The van der Waals surface area contributed by atoms with Gasteiger partial charge in [-0.2, -0.15) is 0 Å². The van der Waals surface area contributed by atoms with Crippen molar-refractivity contribution in [2.24, 2.45) is 0 Å². The van der Waals surface area contributed by atoms with Gasteiger partial charge in [0.25, 0.3) is 0 Å². The van der Waals surface area contributed by atoms with Crippen LogP contribution < -0.4 is 0 Å². The van der Waals surface area contributed by atoms with E-state index in [1.807, 2.05) is 0 Å². The molecule has 11 heteroatoms. The molecule has 0 fully saturated rings. The highest BCUT2D eigenvalue weighted by Gasteiger charge is 2.21. The minimum atomic E-state index is -1.49. The molecule has 0 aromatic carbocycles. The van der Waals surface area contributed by atoms with Gasteiger partial charge in [0.15, 0.2) is 0 Å². The number of hydrogen-bond acceptors (Lipinski definition) is 9. The van der Waals surface area contributed by atoms with Gasteiger partial charge in [-0.1, -0.05) is 0 Å². The van der Waals surface area contributed by atoms with Crippen molar-refractivity contribution in [1.82, 2.24) is 0 Å². The van der Waals surface area contributed by atoms with Gasteiger partial charge < -0.3 is 19.7 Å². The van der Waals surface area contributed by atoms with Gasteiger partial charge in [-0.15, -0.1) is 0 Å². The Morgan fingerprint density at radius 1 is 0.538 bits per heavy atom. The van der Waals surface area contributed by atoms with E-state index in [1.54, 1.807) is 0 Å². The van der Waals surface area contributed by atoms with Gasteiger partial charge >= 0.3 is 35.8 Å². The van der Waals surface area contributed by atoms with Crippen LogP contribution in [0.15, 0.2) is 0 Å². The van der Waals surface area contributed by atoms with Crippen molar-refractivity contribution in [1.29, 1.82) is 0 Å². The van der Waals surface area contributed by atoms with Crippen LogP contribution in [0.3, 0.4) is 0 Å². The summed E-state index contributed by atoms with van der Waals surface area (Å²) in [5, 5.41) is 16.8. The van der Waals surface area contributed by atoms with Crippen molar-refractivity contribution in [3.05, 3.63) is 0 Å². The molecule has 0 amide bonds. The van der Waals surface area contributed by atoms with Gasteiger partial charge in [0.2, 0.25) is 5.78 Å². The third kappa shape index (κ3) is 12.3. The molecule has 0 saturated carbocycles. The number of aliphatic carboxylic acids is 2. The zero-order valence-electron chi connectivity index (χ0n) is 13.7. The van der Waals surface area contributed by atoms with Crippen molar-refractivity contribution in [2.75, 3.05) is 0 Å². The predicted octanol–water partition coefficient (Wildman–Crippen LogP) is -0.0149. The highest BCUT2D eigenvalue weighted by atomic mass is 16.6. The fraction of sp³-hybridized carbons (Fsp3) is 0.533. The molecule has 0 aliphatic carbocycles. The maximum Gasteiger partial charge on any atom is 0.382 e. The minimum absolute atomic E-state index is 0.0172. The Kier molecular flexibility index (Phi) is 10.8. The number of ether oxygens (including phenoxy) is 2. The molecule has 0 aromatic heterocycles. The van der Waals surface area contributed by atoms with Gasteiger partial charge in [-0.3, -0.25) is 28.8 Å². The molecule has 11 nitrogen and oxygen atoms in total. The molecule has 0 saturated heterocycles. The Balaban J connectivity index is 4.04. The lowest BCUT2D eigenvalue weighted by Gasteiger charge is -2.03. The Morgan fingerprint density at radius 2 is 0.962 bits per heavy atom. The molecule has 26 heavy (non-hydrogen) atoms. The van der Waals surface area contributed by atoms with E-state index in [0.717, 1.165) is 0 Å². The van der Waals surface area contributed by atoms with Crippen LogP contribution in [0.2, 0.25) is 0 Å². The molecule has 0 aliphatic heterocycles. The highest BCUT2D eigenvalue weighted by Crippen LogP contribution is 2.03. The molecule has 0 aromatic rings. The van der Waals surface area contributed by atoms with Crippen LogP contribution in [0, 0.1) is 0 Å². The molecule has 0 atom stereocenters. The lowest BCUT2D eigenvalue weighted by Crippen LogP contribution is -2.22. The molecular weight excluding hydrogens is 356 g/mol. The summed E-state index contributed by atoms with van der Waals surface area (Å²) in [5.74, 6) is -8.03. The summed E-state index contributed by atoms with van der Waals surface area (Å²) in [5.41, 5.74) is 0.